The summed E-state index contributed by atoms with van der Waals surface area (Å²) in [6.07, 6.45) is 1.99. The molecule has 3 rings (SSSR count). The molecule has 1 atom stereocenters. The van der Waals surface area contributed by atoms with Crippen molar-refractivity contribution in [2.75, 3.05) is 13.1 Å². The molecular weight excluding hydrogens is 302 g/mol. The second kappa shape index (κ2) is 6.94. The molecule has 0 saturated carbocycles. The van der Waals surface area contributed by atoms with E-state index in [-0.39, 0.29) is 35.5 Å². The smallest absolute Gasteiger partial charge is 0.261 e. The van der Waals surface area contributed by atoms with Crippen molar-refractivity contribution in [3.05, 3.63) is 45.7 Å². The lowest BCUT2D eigenvalue weighted by Crippen LogP contribution is -2.46. The normalized spacial score (nSPS) is 17.8. The fourth-order valence-electron chi connectivity index (χ4n) is 2.91. The number of amides is 1. The summed E-state index contributed by atoms with van der Waals surface area (Å²) in [6.45, 7) is 3.57. The van der Waals surface area contributed by atoms with Crippen molar-refractivity contribution in [3.63, 3.8) is 0 Å². The number of H-pyrrole nitrogens is 1. The standard InChI is InChI=1S/C16H19N3O2.ClH/c1-10-12-6-2-3-7-13(12)19-16(21)14(10)15(20)18-11-5-4-8-17-9-11;/h2-3,6-7,11,17H,4-5,8-9H2,1H3,(H,18,20)(H,19,21);1H. The quantitative estimate of drug-likeness (QED) is 0.789. The summed E-state index contributed by atoms with van der Waals surface area (Å²) in [7, 11) is 0. The minimum Gasteiger partial charge on any atom is -0.348 e. The molecule has 0 aliphatic carbocycles. The molecule has 5 nitrogen and oxygen atoms in total. The van der Waals surface area contributed by atoms with E-state index >= 15 is 0 Å². The Balaban J connectivity index is 0.00000176. The minimum absolute atomic E-state index is 0. The molecule has 0 radical (unpaired) electrons. The van der Waals surface area contributed by atoms with E-state index in [0.717, 1.165) is 42.4 Å². The van der Waals surface area contributed by atoms with E-state index in [1.807, 2.05) is 31.2 Å². The van der Waals surface area contributed by atoms with E-state index in [0.29, 0.717) is 0 Å². The Hall–Kier alpha value is -1.85. The zero-order chi connectivity index (χ0) is 14.8. The van der Waals surface area contributed by atoms with Crippen molar-refractivity contribution < 1.29 is 4.79 Å². The van der Waals surface area contributed by atoms with Crippen LogP contribution < -0.4 is 16.2 Å². The summed E-state index contributed by atoms with van der Waals surface area (Å²) in [5.41, 5.74) is 1.39. The highest BCUT2D eigenvalue weighted by Gasteiger charge is 2.20. The van der Waals surface area contributed by atoms with Crippen LogP contribution in [0.25, 0.3) is 10.9 Å². The first-order valence-electron chi connectivity index (χ1n) is 7.30. The first kappa shape index (κ1) is 16.5. The van der Waals surface area contributed by atoms with Crippen LogP contribution in [0.2, 0.25) is 0 Å². The van der Waals surface area contributed by atoms with Crippen LogP contribution in [0.3, 0.4) is 0 Å². The summed E-state index contributed by atoms with van der Waals surface area (Å²) < 4.78 is 0. The zero-order valence-corrected chi connectivity index (χ0v) is 13.3. The Kier molecular flexibility index (Phi) is 5.21. The van der Waals surface area contributed by atoms with Gasteiger partial charge >= 0.3 is 0 Å². The number of aryl methyl sites for hydroxylation is 1. The van der Waals surface area contributed by atoms with Crippen LogP contribution in [0.15, 0.2) is 29.1 Å². The highest BCUT2D eigenvalue weighted by atomic mass is 35.5. The number of para-hydroxylation sites is 1. The lowest BCUT2D eigenvalue weighted by atomic mass is 10.0. The van der Waals surface area contributed by atoms with Crippen molar-refractivity contribution in [2.45, 2.75) is 25.8 Å². The maximum absolute atomic E-state index is 12.4. The van der Waals surface area contributed by atoms with E-state index in [2.05, 4.69) is 15.6 Å². The van der Waals surface area contributed by atoms with Crippen LogP contribution in [0.5, 0.6) is 0 Å². The SMILES string of the molecule is Cc1c(C(=O)NC2CCCNC2)c(=O)[nH]c2ccccc12.Cl. The monoisotopic (exact) mass is 321 g/mol. The van der Waals surface area contributed by atoms with Gasteiger partial charge in [-0.1, -0.05) is 18.2 Å². The fraction of sp³-hybridized carbons (Fsp3) is 0.375. The number of aromatic amines is 1. The van der Waals surface area contributed by atoms with Crippen LogP contribution in [-0.4, -0.2) is 30.0 Å². The number of hydrogen-bond donors (Lipinski definition) is 3. The molecule has 1 aliphatic rings. The average molecular weight is 322 g/mol. The van der Waals surface area contributed by atoms with Gasteiger partial charge in [0, 0.05) is 23.5 Å². The first-order chi connectivity index (χ1) is 10.2. The summed E-state index contributed by atoms with van der Waals surface area (Å²) in [6, 6.07) is 7.62. The number of pyridine rings is 1. The van der Waals surface area contributed by atoms with E-state index in [9.17, 15) is 9.59 Å². The van der Waals surface area contributed by atoms with Crippen LogP contribution >= 0.6 is 12.4 Å². The molecule has 2 aromatic rings. The highest BCUT2D eigenvalue weighted by molar-refractivity contribution is 6.00. The van der Waals surface area contributed by atoms with E-state index in [1.165, 1.54) is 0 Å². The topological polar surface area (TPSA) is 74.0 Å². The van der Waals surface area contributed by atoms with Crippen LogP contribution in [0.1, 0.15) is 28.8 Å². The van der Waals surface area contributed by atoms with E-state index in [1.54, 1.807) is 0 Å². The van der Waals surface area contributed by atoms with Crippen molar-refractivity contribution in [1.82, 2.24) is 15.6 Å². The van der Waals surface area contributed by atoms with E-state index < -0.39 is 0 Å². The number of fused-ring (bicyclic) bond motifs is 1. The molecule has 3 N–H and O–H groups in total. The number of aromatic nitrogens is 1. The van der Waals surface area contributed by atoms with Crippen LogP contribution in [0.4, 0.5) is 0 Å². The van der Waals surface area contributed by atoms with Crippen molar-refractivity contribution in [2.24, 2.45) is 0 Å². The third-order valence-electron chi connectivity index (χ3n) is 4.04. The second-order valence-corrected chi connectivity index (χ2v) is 5.52. The van der Waals surface area contributed by atoms with Gasteiger partial charge in [-0.25, -0.2) is 0 Å². The van der Waals surface area contributed by atoms with Crippen molar-refractivity contribution in [3.8, 4) is 0 Å². The number of carbonyl (C=O) groups excluding carboxylic acids is 1. The van der Waals surface area contributed by atoms with Gasteiger partial charge in [0.25, 0.3) is 11.5 Å². The van der Waals surface area contributed by atoms with Gasteiger partial charge in [-0.05, 0) is 37.9 Å². The maximum atomic E-state index is 12.4. The summed E-state index contributed by atoms with van der Waals surface area (Å²) in [5.74, 6) is -0.284. The largest absolute Gasteiger partial charge is 0.348 e. The van der Waals surface area contributed by atoms with Gasteiger partial charge in [0.05, 0.1) is 0 Å². The molecule has 22 heavy (non-hydrogen) atoms. The average Bonchev–Trinajstić information content (AvgIpc) is 2.48. The number of benzene rings is 1. The van der Waals surface area contributed by atoms with Gasteiger partial charge < -0.3 is 15.6 Å². The van der Waals surface area contributed by atoms with Crippen molar-refractivity contribution in [1.29, 1.82) is 0 Å². The minimum atomic E-state index is -0.326. The van der Waals surface area contributed by atoms with Crippen LogP contribution in [-0.2, 0) is 0 Å². The van der Waals surface area contributed by atoms with E-state index in [4.69, 9.17) is 0 Å². The molecular formula is C16H20ClN3O2. The molecule has 118 valence electrons. The molecule has 0 bridgehead atoms. The molecule has 2 heterocycles. The molecule has 1 fully saturated rings. The Morgan fingerprint density at radius 1 is 1.32 bits per heavy atom. The lowest BCUT2D eigenvalue weighted by molar-refractivity contribution is 0.0928. The van der Waals surface area contributed by atoms with Crippen LogP contribution in [0, 0.1) is 6.92 Å². The number of halogens is 1. The number of nitrogens with one attached hydrogen (secondary N) is 3. The Morgan fingerprint density at radius 3 is 2.82 bits per heavy atom. The molecule has 6 heteroatoms. The summed E-state index contributed by atoms with van der Waals surface area (Å²) in [5, 5.41) is 7.12. The number of carbonyl (C=O) groups is 1. The number of hydrogen-bond acceptors (Lipinski definition) is 3. The van der Waals surface area contributed by atoms with Gasteiger partial charge in [-0.3, -0.25) is 9.59 Å². The first-order valence-corrected chi connectivity index (χ1v) is 7.30. The third kappa shape index (κ3) is 3.15. The third-order valence-corrected chi connectivity index (χ3v) is 4.04. The molecule has 1 unspecified atom stereocenters. The maximum Gasteiger partial charge on any atom is 0.261 e. The predicted molar refractivity (Wildman–Crippen MR) is 89.9 cm³/mol. The summed E-state index contributed by atoms with van der Waals surface area (Å²) in [4.78, 5) is 27.4. The zero-order valence-electron chi connectivity index (χ0n) is 12.4. The predicted octanol–water partition coefficient (Wildman–Crippen LogP) is 1.74. The van der Waals surface area contributed by atoms with Gasteiger partial charge in [-0.15, -0.1) is 12.4 Å². The molecule has 1 aromatic carbocycles. The molecule has 1 amide bonds. The van der Waals surface area contributed by atoms with Gasteiger partial charge in [0.2, 0.25) is 0 Å². The second-order valence-electron chi connectivity index (χ2n) is 5.52. The fourth-order valence-corrected chi connectivity index (χ4v) is 2.91. The summed E-state index contributed by atoms with van der Waals surface area (Å²) >= 11 is 0. The molecule has 0 spiro atoms. The van der Waals surface area contributed by atoms with Gasteiger partial charge in [0.1, 0.15) is 5.56 Å². The molecule has 1 aromatic heterocycles. The van der Waals surface area contributed by atoms with Gasteiger partial charge in [0.15, 0.2) is 0 Å². The Bertz CT molecular complexity index is 736. The lowest BCUT2D eigenvalue weighted by Gasteiger charge is -2.24. The Labute approximate surface area is 134 Å². The molecule has 1 aliphatic heterocycles. The number of rotatable bonds is 2. The molecule has 1 saturated heterocycles. The van der Waals surface area contributed by atoms with Crippen molar-refractivity contribution >= 4 is 29.2 Å². The van der Waals surface area contributed by atoms with Gasteiger partial charge in [-0.2, -0.15) is 0 Å². The highest BCUT2D eigenvalue weighted by Crippen LogP contribution is 2.17. The number of piperidine rings is 1. The Morgan fingerprint density at radius 2 is 2.09 bits per heavy atom.